The summed E-state index contributed by atoms with van der Waals surface area (Å²) in [6.07, 6.45) is 0.833. The molecule has 2 aromatic heterocycles. The second-order valence-electron chi connectivity index (χ2n) is 3.72. The Bertz CT molecular complexity index is 799. The second-order valence-corrected chi connectivity index (χ2v) is 4.52. The van der Waals surface area contributed by atoms with Crippen molar-refractivity contribution < 1.29 is 4.92 Å². The van der Waals surface area contributed by atoms with Gasteiger partial charge in [0.1, 0.15) is 5.15 Å². The fourth-order valence-electron chi connectivity index (χ4n) is 1.48. The van der Waals surface area contributed by atoms with Crippen LogP contribution in [-0.2, 0) is 6.54 Å². The summed E-state index contributed by atoms with van der Waals surface area (Å²) in [6.45, 7) is -0.157. The van der Waals surface area contributed by atoms with Crippen LogP contribution in [0.25, 0.3) is 0 Å². The molecule has 0 unspecified atom stereocenters. The van der Waals surface area contributed by atoms with Crippen LogP contribution >= 0.6 is 23.2 Å². The zero-order chi connectivity index (χ0) is 14.9. The first-order valence-electron chi connectivity index (χ1n) is 5.17. The number of hydrogen-bond acceptors (Lipinski definition) is 5. The molecule has 0 aliphatic heterocycles. The van der Waals surface area contributed by atoms with Crippen LogP contribution in [0.2, 0.25) is 10.2 Å². The van der Waals surface area contributed by atoms with Crippen molar-refractivity contribution in [2.45, 2.75) is 6.54 Å². The van der Waals surface area contributed by atoms with Gasteiger partial charge in [0.05, 0.1) is 28.4 Å². The second kappa shape index (κ2) is 5.43. The SMILES string of the molecule is O=c1[nH]c(=O)n(Cc2nc(Cl)ccc2Cl)cc1[N+](=O)[O-]. The number of aromatic amines is 1. The lowest BCUT2D eigenvalue weighted by Gasteiger charge is -2.06. The third-order valence-electron chi connectivity index (χ3n) is 2.39. The topological polar surface area (TPSA) is 111 Å². The summed E-state index contributed by atoms with van der Waals surface area (Å²) in [5, 5.41) is 11.1. The average Bonchev–Trinajstić information content (AvgIpc) is 2.36. The van der Waals surface area contributed by atoms with E-state index in [1.165, 1.54) is 12.1 Å². The van der Waals surface area contributed by atoms with E-state index in [2.05, 4.69) is 4.98 Å². The molecule has 20 heavy (non-hydrogen) atoms. The highest BCUT2D eigenvalue weighted by molar-refractivity contribution is 6.32. The minimum absolute atomic E-state index is 0.157. The Kier molecular flexibility index (Phi) is 3.86. The van der Waals surface area contributed by atoms with Gasteiger partial charge in [0.15, 0.2) is 0 Å². The van der Waals surface area contributed by atoms with Gasteiger partial charge in [-0.2, -0.15) is 0 Å². The van der Waals surface area contributed by atoms with Crippen molar-refractivity contribution in [3.8, 4) is 0 Å². The Balaban J connectivity index is 2.51. The Morgan fingerprint density at radius 2 is 2.05 bits per heavy atom. The molecule has 0 saturated carbocycles. The molecule has 10 heteroatoms. The van der Waals surface area contributed by atoms with Gasteiger partial charge in [0, 0.05) is 0 Å². The molecule has 2 heterocycles. The van der Waals surface area contributed by atoms with Crippen molar-refractivity contribution in [1.82, 2.24) is 14.5 Å². The molecule has 2 rings (SSSR count). The van der Waals surface area contributed by atoms with E-state index in [9.17, 15) is 19.7 Å². The lowest BCUT2D eigenvalue weighted by molar-refractivity contribution is -0.386. The van der Waals surface area contributed by atoms with E-state index < -0.39 is 21.9 Å². The van der Waals surface area contributed by atoms with E-state index in [1.54, 1.807) is 0 Å². The van der Waals surface area contributed by atoms with Gasteiger partial charge in [-0.15, -0.1) is 0 Å². The summed E-state index contributed by atoms with van der Waals surface area (Å²) in [6, 6.07) is 2.95. The number of hydrogen-bond donors (Lipinski definition) is 1. The third kappa shape index (κ3) is 2.86. The predicted molar refractivity (Wildman–Crippen MR) is 71.3 cm³/mol. The maximum atomic E-state index is 11.6. The highest BCUT2D eigenvalue weighted by atomic mass is 35.5. The van der Waals surface area contributed by atoms with Gasteiger partial charge in [-0.3, -0.25) is 24.5 Å². The van der Waals surface area contributed by atoms with Gasteiger partial charge in [0.25, 0.3) is 0 Å². The fourth-order valence-corrected chi connectivity index (χ4v) is 1.81. The number of H-pyrrole nitrogens is 1. The number of halogens is 2. The molecule has 8 nitrogen and oxygen atoms in total. The smallest absolute Gasteiger partial charge is 0.288 e. The molecular weight excluding hydrogens is 311 g/mol. The third-order valence-corrected chi connectivity index (χ3v) is 2.95. The zero-order valence-electron chi connectivity index (χ0n) is 9.67. The van der Waals surface area contributed by atoms with Gasteiger partial charge >= 0.3 is 16.9 Å². The summed E-state index contributed by atoms with van der Waals surface area (Å²) in [5.74, 6) is 0. The molecule has 0 bridgehead atoms. The number of rotatable bonds is 3. The summed E-state index contributed by atoms with van der Waals surface area (Å²) in [7, 11) is 0. The number of nitrogens with one attached hydrogen (secondary N) is 1. The molecular formula is C10H6Cl2N4O4. The van der Waals surface area contributed by atoms with Crippen LogP contribution in [0.5, 0.6) is 0 Å². The van der Waals surface area contributed by atoms with E-state index in [0.717, 1.165) is 10.8 Å². The number of nitrogens with zero attached hydrogens (tertiary/aromatic N) is 3. The van der Waals surface area contributed by atoms with Crippen molar-refractivity contribution in [3.63, 3.8) is 0 Å². The largest absolute Gasteiger partial charge is 0.350 e. The van der Waals surface area contributed by atoms with E-state index in [4.69, 9.17) is 23.2 Å². The molecule has 104 valence electrons. The number of pyridine rings is 1. The molecule has 0 saturated heterocycles. The van der Waals surface area contributed by atoms with E-state index in [0.29, 0.717) is 0 Å². The lowest BCUT2D eigenvalue weighted by Crippen LogP contribution is -2.31. The molecule has 0 atom stereocenters. The van der Waals surface area contributed by atoms with Crippen molar-refractivity contribution in [2.75, 3.05) is 0 Å². The van der Waals surface area contributed by atoms with E-state index in [-0.39, 0.29) is 22.4 Å². The van der Waals surface area contributed by atoms with Gasteiger partial charge in [-0.05, 0) is 12.1 Å². The van der Waals surface area contributed by atoms with Crippen molar-refractivity contribution >= 4 is 28.9 Å². The highest BCUT2D eigenvalue weighted by Gasteiger charge is 2.16. The molecule has 0 spiro atoms. The maximum absolute atomic E-state index is 11.6. The van der Waals surface area contributed by atoms with Crippen molar-refractivity contribution in [2.24, 2.45) is 0 Å². The standard InChI is InChI=1S/C10H6Cl2N4O4/c11-5-1-2-8(12)13-6(5)3-15-4-7(16(19)20)9(17)14-10(15)18/h1-2,4H,3H2,(H,14,17,18). The average molecular weight is 317 g/mol. The van der Waals surface area contributed by atoms with Crippen LogP contribution in [0.1, 0.15) is 5.69 Å². The first-order valence-corrected chi connectivity index (χ1v) is 5.93. The van der Waals surface area contributed by atoms with Crippen molar-refractivity contribution in [1.29, 1.82) is 0 Å². The van der Waals surface area contributed by atoms with Crippen LogP contribution in [0.4, 0.5) is 5.69 Å². The molecule has 2 aromatic rings. The summed E-state index contributed by atoms with van der Waals surface area (Å²) in [5.41, 5.74) is -2.37. The van der Waals surface area contributed by atoms with E-state index >= 15 is 0 Å². The molecule has 0 aromatic carbocycles. The Hall–Kier alpha value is -2.19. The predicted octanol–water partition coefficient (Wildman–Crippen LogP) is 1.19. The van der Waals surface area contributed by atoms with Gasteiger partial charge in [-0.25, -0.2) is 9.78 Å². The molecule has 0 aliphatic rings. The molecule has 0 amide bonds. The first kappa shape index (κ1) is 14.2. The summed E-state index contributed by atoms with van der Waals surface area (Å²) in [4.78, 5) is 38.4. The zero-order valence-corrected chi connectivity index (χ0v) is 11.2. The van der Waals surface area contributed by atoms with Crippen LogP contribution < -0.4 is 11.2 Å². The van der Waals surface area contributed by atoms with Gasteiger partial charge in [-0.1, -0.05) is 23.2 Å². The van der Waals surface area contributed by atoms with Crippen LogP contribution in [0.15, 0.2) is 27.9 Å². The van der Waals surface area contributed by atoms with Crippen molar-refractivity contribution in [3.05, 3.63) is 65.2 Å². The minimum atomic E-state index is -1.07. The fraction of sp³-hybridized carbons (Fsp3) is 0.100. The molecule has 0 aliphatic carbocycles. The highest BCUT2D eigenvalue weighted by Crippen LogP contribution is 2.17. The number of nitro groups is 1. The van der Waals surface area contributed by atoms with Crippen LogP contribution in [0.3, 0.4) is 0 Å². The Labute approximate surface area is 120 Å². The molecule has 0 radical (unpaired) electrons. The Morgan fingerprint density at radius 3 is 2.70 bits per heavy atom. The van der Waals surface area contributed by atoms with Crippen LogP contribution in [-0.4, -0.2) is 19.5 Å². The maximum Gasteiger partial charge on any atom is 0.350 e. The number of aromatic nitrogens is 3. The lowest BCUT2D eigenvalue weighted by atomic mass is 10.3. The van der Waals surface area contributed by atoms with E-state index in [1.807, 2.05) is 4.98 Å². The quantitative estimate of drug-likeness (QED) is 0.519. The summed E-state index contributed by atoms with van der Waals surface area (Å²) >= 11 is 11.6. The van der Waals surface area contributed by atoms with Crippen LogP contribution in [0, 0.1) is 10.1 Å². The monoisotopic (exact) mass is 316 g/mol. The normalized spacial score (nSPS) is 10.5. The first-order chi connectivity index (χ1) is 9.38. The molecule has 1 N–H and O–H groups in total. The summed E-state index contributed by atoms with van der Waals surface area (Å²) < 4.78 is 0.921. The van der Waals surface area contributed by atoms with Gasteiger partial charge in [0.2, 0.25) is 0 Å². The minimum Gasteiger partial charge on any atom is -0.288 e. The molecule has 0 fully saturated rings. The Morgan fingerprint density at radius 1 is 1.35 bits per heavy atom. The van der Waals surface area contributed by atoms with Gasteiger partial charge < -0.3 is 0 Å².